The van der Waals surface area contributed by atoms with E-state index in [1.807, 2.05) is 0 Å². The van der Waals surface area contributed by atoms with Crippen molar-refractivity contribution in [3.8, 4) is 0 Å². The summed E-state index contributed by atoms with van der Waals surface area (Å²) in [6.45, 7) is 10.8. The van der Waals surface area contributed by atoms with Crippen LogP contribution in [0, 0.1) is 13.8 Å². The lowest BCUT2D eigenvalue weighted by Gasteiger charge is -2.15. The number of thiazole rings is 1. The molecule has 1 aromatic heterocycles. The molecule has 2 N–H and O–H groups in total. The molecule has 2 nitrogen and oxygen atoms in total. The Balaban J connectivity index is 2.15. The molecule has 20 heavy (non-hydrogen) atoms. The van der Waals surface area contributed by atoms with Gasteiger partial charge < -0.3 is 5.73 Å². The minimum atomic E-state index is 0.0209. The van der Waals surface area contributed by atoms with E-state index in [4.69, 9.17) is 10.7 Å². The van der Waals surface area contributed by atoms with Crippen LogP contribution in [-0.4, -0.2) is 4.98 Å². The molecule has 0 spiro atoms. The molecule has 0 amide bonds. The van der Waals surface area contributed by atoms with Crippen LogP contribution >= 0.6 is 11.3 Å². The third-order valence-electron chi connectivity index (χ3n) is 3.39. The highest BCUT2D eigenvalue weighted by Crippen LogP contribution is 2.26. The molecule has 0 aliphatic carbocycles. The number of nitrogens with two attached hydrogens (primary N) is 1. The summed E-state index contributed by atoms with van der Waals surface area (Å²) in [7, 11) is 0. The summed E-state index contributed by atoms with van der Waals surface area (Å²) in [4.78, 5) is 4.73. The fourth-order valence-electron chi connectivity index (χ4n) is 2.28. The molecule has 0 aliphatic heterocycles. The molecule has 0 saturated carbocycles. The Bertz CT molecular complexity index is 573. The number of benzene rings is 1. The lowest BCUT2D eigenvalue weighted by Crippen LogP contribution is -2.15. The van der Waals surface area contributed by atoms with Gasteiger partial charge in [0.1, 0.15) is 0 Å². The molecule has 0 saturated heterocycles. The van der Waals surface area contributed by atoms with Crippen LogP contribution in [0.1, 0.15) is 54.2 Å². The Morgan fingerprint density at radius 1 is 1.15 bits per heavy atom. The van der Waals surface area contributed by atoms with Gasteiger partial charge >= 0.3 is 0 Å². The van der Waals surface area contributed by atoms with E-state index in [9.17, 15) is 0 Å². The van der Waals surface area contributed by atoms with Gasteiger partial charge in [-0.05, 0) is 19.4 Å². The highest BCUT2D eigenvalue weighted by Gasteiger charge is 2.18. The van der Waals surface area contributed by atoms with Crippen molar-refractivity contribution >= 4 is 11.3 Å². The summed E-state index contributed by atoms with van der Waals surface area (Å²) in [5.74, 6) is 0. The van der Waals surface area contributed by atoms with Crippen LogP contribution in [0.2, 0.25) is 0 Å². The number of hydrogen-bond acceptors (Lipinski definition) is 3. The fraction of sp³-hybridized carbons (Fsp3) is 0.471. The van der Waals surface area contributed by atoms with Gasteiger partial charge in [0.25, 0.3) is 0 Å². The van der Waals surface area contributed by atoms with Gasteiger partial charge in [-0.25, -0.2) is 4.98 Å². The maximum atomic E-state index is 6.35. The van der Waals surface area contributed by atoms with Gasteiger partial charge in [-0.1, -0.05) is 50.1 Å². The normalized spacial score (nSPS) is 13.5. The van der Waals surface area contributed by atoms with Crippen LogP contribution in [0.15, 0.2) is 23.6 Å². The second-order valence-electron chi connectivity index (χ2n) is 6.61. The summed E-state index contributed by atoms with van der Waals surface area (Å²) < 4.78 is 0. The Labute approximate surface area is 126 Å². The molecule has 1 aromatic carbocycles. The quantitative estimate of drug-likeness (QED) is 0.914. The maximum Gasteiger partial charge on any atom is 0.0947 e. The van der Waals surface area contributed by atoms with Crippen LogP contribution in [-0.2, 0) is 11.8 Å². The van der Waals surface area contributed by atoms with Crippen molar-refractivity contribution < 1.29 is 0 Å². The van der Waals surface area contributed by atoms with E-state index in [0.717, 1.165) is 17.1 Å². The lowest BCUT2D eigenvalue weighted by atomic mass is 9.93. The third-order valence-corrected chi connectivity index (χ3v) is 4.26. The van der Waals surface area contributed by atoms with Crippen molar-refractivity contribution in [2.24, 2.45) is 5.73 Å². The Hall–Kier alpha value is -1.19. The fourth-order valence-corrected chi connectivity index (χ4v) is 3.36. The molecular formula is C17H24N2S. The molecule has 0 fully saturated rings. The largest absolute Gasteiger partial charge is 0.324 e. The second kappa shape index (κ2) is 5.66. The predicted molar refractivity (Wildman–Crippen MR) is 87.4 cm³/mol. The van der Waals surface area contributed by atoms with Gasteiger partial charge in [0.05, 0.1) is 10.7 Å². The third kappa shape index (κ3) is 3.68. The molecule has 1 atom stereocenters. The molecule has 108 valence electrons. The van der Waals surface area contributed by atoms with E-state index in [2.05, 4.69) is 58.2 Å². The van der Waals surface area contributed by atoms with Crippen LogP contribution < -0.4 is 5.73 Å². The summed E-state index contributed by atoms with van der Waals surface area (Å²) in [6, 6.07) is 6.55. The SMILES string of the molecule is Cc1cc(C)cc(C(N)Cc2nc(C(C)(C)C)cs2)c1. The Morgan fingerprint density at radius 3 is 2.25 bits per heavy atom. The Morgan fingerprint density at radius 2 is 1.75 bits per heavy atom. The zero-order valence-electron chi connectivity index (χ0n) is 13.0. The smallest absolute Gasteiger partial charge is 0.0947 e. The van der Waals surface area contributed by atoms with Crippen molar-refractivity contribution in [3.63, 3.8) is 0 Å². The first-order chi connectivity index (χ1) is 9.25. The molecule has 0 bridgehead atoms. The summed E-state index contributed by atoms with van der Waals surface area (Å²) in [5, 5.41) is 3.28. The maximum absolute atomic E-state index is 6.35. The average molecular weight is 288 g/mol. The minimum absolute atomic E-state index is 0.0209. The minimum Gasteiger partial charge on any atom is -0.324 e. The van der Waals surface area contributed by atoms with E-state index < -0.39 is 0 Å². The summed E-state index contributed by atoms with van der Waals surface area (Å²) >= 11 is 1.72. The molecule has 0 aliphatic rings. The summed E-state index contributed by atoms with van der Waals surface area (Å²) in [6.07, 6.45) is 0.809. The second-order valence-corrected chi connectivity index (χ2v) is 7.55. The monoisotopic (exact) mass is 288 g/mol. The van der Waals surface area contributed by atoms with E-state index in [1.54, 1.807) is 11.3 Å². The van der Waals surface area contributed by atoms with Crippen LogP contribution in [0.5, 0.6) is 0 Å². The Kier molecular flexibility index (Phi) is 4.31. The molecule has 3 heteroatoms. The first-order valence-corrected chi connectivity index (χ1v) is 7.92. The van der Waals surface area contributed by atoms with Gasteiger partial charge in [-0.15, -0.1) is 11.3 Å². The topological polar surface area (TPSA) is 38.9 Å². The van der Waals surface area contributed by atoms with Gasteiger partial charge in [0, 0.05) is 23.3 Å². The van der Waals surface area contributed by atoms with E-state index >= 15 is 0 Å². The van der Waals surface area contributed by atoms with Crippen molar-refractivity contribution in [2.75, 3.05) is 0 Å². The molecule has 2 aromatic rings. The first kappa shape index (κ1) is 15.2. The number of aryl methyl sites for hydroxylation is 2. The van der Waals surface area contributed by atoms with Crippen molar-refractivity contribution in [3.05, 3.63) is 51.0 Å². The summed E-state index contributed by atoms with van der Waals surface area (Å²) in [5.41, 5.74) is 11.4. The predicted octanol–water partition coefficient (Wildman–Crippen LogP) is 4.30. The van der Waals surface area contributed by atoms with Crippen molar-refractivity contribution in [2.45, 2.75) is 52.5 Å². The van der Waals surface area contributed by atoms with Crippen LogP contribution in [0.4, 0.5) is 0 Å². The zero-order chi connectivity index (χ0) is 14.9. The number of aromatic nitrogens is 1. The van der Waals surface area contributed by atoms with E-state index in [-0.39, 0.29) is 11.5 Å². The van der Waals surface area contributed by atoms with Gasteiger partial charge in [-0.3, -0.25) is 0 Å². The highest BCUT2D eigenvalue weighted by molar-refractivity contribution is 7.09. The van der Waals surface area contributed by atoms with Crippen molar-refractivity contribution in [1.29, 1.82) is 0 Å². The zero-order valence-corrected chi connectivity index (χ0v) is 13.8. The molecule has 2 rings (SSSR count). The van der Waals surface area contributed by atoms with Gasteiger partial charge in [-0.2, -0.15) is 0 Å². The van der Waals surface area contributed by atoms with Crippen molar-refractivity contribution in [1.82, 2.24) is 4.98 Å². The van der Waals surface area contributed by atoms with Gasteiger partial charge in [0.2, 0.25) is 0 Å². The number of nitrogens with zero attached hydrogens (tertiary/aromatic N) is 1. The highest BCUT2D eigenvalue weighted by atomic mass is 32.1. The van der Waals surface area contributed by atoms with Gasteiger partial charge in [0.15, 0.2) is 0 Å². The number of hydrogen-bond donors (Lipinski definition) is 1. The van der Waals surface area contributed by atoms with E-state index in [1.165, 1.54) is 16.7 Å². The lowest BCUT2D eigenvalue weighted by molar-refractivity contribution is 0.569. The standard InChI is InChI=1S/C17H24N2S/c1-11-6-12(2)8-13(7-11)14(18)9-16-19-15(10-20-16)17(3,4)5/h6-8,10,14H,9,18H2,1-5H3. The van der Waals surface area contributed by atoms with Crippen LogP contribution in [0.3, 0.4) is 0 Å². The first-order valence-electron chi connectivity index (χ1n) is 7.04. The number of rotatable bonds is 3. The molecule has 1 unspecified atom stereocenters. The van der Waals surface area contributed by atoms with Crippen LogP contribution in [0.25, 0.3) is 0 Å². The average Bonchev–Trinajstić information content (AvgIpc) is 2.75. The molecular weight excluding hydrogens is 264 g/mol. The van der Waals surface area contributed by atoms with E-state index in [0.29, 0.717) is 0 Å². The molecule has 0 radical (unpaired) electrons. The molecule has 1 heterocycles.